The zero-order valence-electron chi connectivity index (χ0n) is 10.2. The number of hydrogen-bond donors (Lipinski definition) is 1. The molecule has 2 rings (SSSR count). The summed E-state index contributed by atoms with van der Waals surface area (Å²) < 4.78 is 31.7. The molecule has 3 nitrogen and oxygen atoms in total. The number of nitrogen functional groups attached to an aromatic ring is 1. The highest BCUT2D eigenvalue weighted by Gasteiger charge is 2.13. The maximum atomic E-state index is 13.3. The third kappa shape index (κ3) is 2.30. The summed E-state index contributed by atoms with van der Waals surface area (Å²) >= 11 is 0. The SMILES string of the molecule is Cc1occc1CN(C)c1cc(F)cc(F)c1N. The first-order valence-corrected chi connectivity index (χ1v) is 5.47. The van der Waals surface area contributed by atoms with Crippen LogP contribution in [0.15, 0.2) is 28.9 Å². The molecular formula is C13H14F2N2O. The standard InChI is InChI=1S/C13H14F2N2O/c1-8-9(3-4-18-8)7-17(2)12-6-10(14)5-11(15)13(12)16/h3-6H,7,16H2,1-2H3. The third-order valence-electron chi connectivity index (χ3n) is 2.86. The van der Waals surface area contributed by atoms with Gasteiger partial charge in [0.25, 0.3) is 0 Å². The van der Waals surface area contributed by atoms with E-state index in [9.17, 15) is 8.78 Å². The largest absolute Gasteiger partial charge is 0.469 e. The van der Waals surface area contributed by atoms with Crippen LogP contribution in [0.3, 0.4) is 0 Å². The van der Waals surface area contributed by atoms with Gasteiger partial charge >= 0.3 is 0 Å². The van der Waals surface area contributed by atoms with Gasteiger partial charge in [0.2, 0.25) is 0 Å². The third-order valence-corrected chi connectivity index (χ3v) is 2.86. The highest BCUT2D eigenvalue weighted by Crippen LogP contribution is 2.28. The predicted molar refractivity (Wildman–Crippen MR) is 66.3 cm³/mol. The Kier molecular flexibility index (Phi) is 3.23. The second-order valence-electron chi connectivity index (χ2n) is 4.18. The van der Waals surface area contributed by atoms with Crippen molar-refractivity contribution in [2.45, 2.75) is 13.5 Å². The van der Waals surface area contributed by atoms with E-state index in [1.165, 1.54) is 6.07 Å². The molecule has 0 aliphatic rings. The van der Waals surface area contributed by atoms with Crippen molar-refractivity contribution in [3.63, 3.8) is 0 Å². The second kappa shape index (κ2) is 4.68. The second-order valence-corrected chi connectivity index (χ2v) is 4.18. The van der Waals surface area contributed by atoms with Crippen LogP contribution in [0, 0.1) is 18.6 Å². The number of benzene rings is 1. The van der Waals surface area contributed by atoms with Crippen LogP contribution in [-0.4, -0.2) is 7.05 Å². The van der Waals surface area contributed by atoms with Crippen LogP contribution in [0.1, 0.15) is 11.3 Å². The Morgan fingerprint density at radius 3 is 2.67 bits per heavy atom. The van der Waals surface area contributed by atoms with Crippen molar-refractivity contribution in [3.8, 4) is 0 Å². The molecule has 0 saturated heterocycles. The van der Waals surface area contributed by atoms with Crippen molar-refractivity contribution in [3.05, 3.63) is 47.4 Å². The van der Waals surface area contributed by atoms with Crippen molar-refractivity contribution in [2.24, 2.45) is 0 Å². The molecule has 0 atom stereocenters. The van der Waals surface area contributed by atoms with Gasteiger partial charge in [0.05, 0.1) is 17.6 Å². The van der Waals surface area contributed by atoms with Crippen LogP contribution in [0.5, 0.6) is 0 Å². The Morgan fingerprint density at radius 1 is 1.33 bits per heavy atom. The lowest BCUT2D eigenvalue weighted by Gasteiger charge is -2.21. The molecule has 2 N–H and O–H groups in total. The minimum Gasteiger partial charge on any atom is -0.469 e. The van der Waals surface area contributed by atoms with E-state index in [0.29, 0.717) is 12.2 Å². The number of halogens is 2. The maximum Gasteiger partial charge on any atom is 0.151 e. The smallest absolute Gasteiger partial charge is 0.151 e. The Labute approximate surface area is 104 Å². The van der Waals surface area contributed by atoms with Crippen molar-refractivity contribution in [1.29, 1.82) is 0 Å². The molecule has 0 bridgehead atoms. The maximum absolute atomic E-state index is 13.3. The monoisotopic (exact) mass is 252 g/mol. The quantitative estimate of drug-likeness (QED) is 0.853. The molecule has 1 aromatic heterocycles. The summed E-state index contributed by atoms with van der Waals surface area (Å²) in [6.45, 7) is 2.30. The molecule has 0 radical (unpaired) electrons. The zero-order chi connectivity index (χ0) is 13.3. The number of aryl methyl sites for hydroxylation is 1. The number of hydrogen-bond acceptors (Lipinski definition) is 3. The highest BCUT2D eigenvalue weighted by atomic mass is 19.1. The van der Waals surface area contributed by atoms with Gasteiger partial charge in [0.15, 0.2) is 5.82 Å². The van der Waals surface area contributed by atoms with Gasteiger partial charge < -0.3 is 15.1 Å². The van der Waals surface area contributed by atoms with Crippen LogP contribution in [0.25, 0.3) is 0 Å². The van der Waals surface area contributed by atoms with E-state index in [0.717, 1.165) is 17.4 Å². The Morgan fingerprint density at radius 2 is 2.06 bits per heavy atom. The molecule has 0 aliphatic carbocycles. The first-order chi connectivity index (χ1) is 8.49. The lowest BCUT2D eigenvalue weighted by Crippen LogP contribution is -2.18. The van der Waals surface area contributed by atoms with Crippen molar-refractivity contribution >= 4 is 11.4 Å². The van der Waals surface area contributed by atoms with Gasteiger partial charge in [-0.05, 0) is 19.1 Å². The van der Waals surface area contributed by atoms with Gasteiger partial charge in [0, 0.05) is 25.2 Å². The number of anilines is 2. The van der Waals surface area contributed by atoms with E-state index in [1.807, 2.05) is 13.0 Å². The number of furan rings is 1. The summed E-state index contributed by atoms with van der Waals surface area (Å²) in [7, 11) is 1.72. The average Bonchev–Trinajstić information content (AvgIpc) is 2.69. The van der Waals surface area contributed by atoms with E-state index in [-0.39, 0.29) is 5.69 Å². The van der Waals surface area contributed by atoms with E-state index >= 15 is 0 Å². The molecule has 5 heteroatoms. The highest BCUT2D eigenvalue weighted by molar-refractivity contribution is 5.68. The molecule has 1 heterocycles. The lowest BCUT2D eigenvalue weighted by molar-refractivity contribution is 0.529. The molecule has 96 valence electrons. The topological polar surface area (TPSA) is 42.4 Å². The van der Waals surface area contributed by atoms with E-state index in [2.05, 4.69) is 0 Å². The molecule has 0 saturated carbocycles. The Hall–Kier alpha value is -2.04. The molecule has 2 aromatic rings. The summed E-state index contributed by atoms with van der Waals surface area (Å²) in [5.74, 6) is -0.620. The normalized spacial score (nSPS) is 10.7. The van der Waals surface area contributed by atoms with Crippen LogP contribution in [0.4, 0.5) is 20.2 Å². The first kappa shape index (κ1) is 12.4. The van der Waals surface area contributed by atoms with Gasteiger partial charge in [0.1, 0.15) is 11.6 Å². The van der Waals surface area contributed by atoms with E-state index < -0.39 is 11.6 Å². The fourth-order valence-electron chi connectivity index (χ4n) is 1.80. The molecule has 0 aliphatic heterocycles. The van der Waals surface area contributed by atoms with E-state index in [4.69, 9.17) is 10.2 Å². The number of nitrogens with zero attached hydrogens (tertiary/aromatic N) is 1. The molecule has 0 fully saturated rings. The van der Waals surface area contributed by atoms with Gasteiger partial charge in [-0.25, -0.2) is 8.78 Å². The minimum absolute atomic E-state index is 0.0555. The van der Waals surface area contributed by atoms with Crippen LogP contribution >= 0.6 is 0 Å². The van der Waals surface area contributed by atoms with Crippen molar-refractivity contribution in [2.75, 3.05) is 17.7 Å². The van der Waals surface area contributed by atoms with Gasteiger partial charge in [-0.15, -0.1) is 0 Å². The molecular weight excluding hydrogens is 238 g/mol. The van der Waals surface area contributed by atoms with Crippen LogP contribution in [0.2, 0.25) is 0 Å². The molecule has 18 heavy (non-hydrogen) atoms. The molecule has 1 aromatic carbocycles. The van der Waals surface area contributed by atoms with Crippen molar-refractivity contribution in [1.82, 2.24) is 0 Å². The van der Waals surface area contributed by atoms with Crippen molar-refractivity contribution < 1.29 is 13.2 Å². The Bertz CT molecular complexity index is 566. The minimum atomic E-state index is -0.749. The zero-order valence-corrected chi connectivity index (χ0v) is 10.2. The summed E-state index contributed by atoms with van der Waals surface area (Å²) in [5.41, 5.74) is 6.83. The summed E-state index contributed by atoms with van der Waals surface area (Å²) in [4.78, 5) is 1.68. The summed E-state index contributed by atoms with van der Waals surface area (Å²) in [6.07, 6.45) is 1.58. The average molecular weight is 252 g/mol. The predicted octanol–water partition coefficient (Wildman–Crippen LogP) is 3.08. The van der Waals surface area contributed by atoms with Gasteiger partial charge in [-0.3, -0.25) is 0 Å². The molecule has 0 unspecified atom stereocenters. The van der Waals surface area contributed by atoms with E-state index in [1.54, 1.807) is 18.2 Å². The molecule has 0 amide bonds. The van der Waals surface area contributed by atoms with Gasteiger partial charge in [-0.2, -0.15) is 0 Å². The Balaban J connectivity index is 2.29. The van der Waals surface area contributed by atoms with Crippen LogP contribution in [-0.2, 0) is 6.54 Å². The first-order valence-electron chi connectivity index (χ1n) is 5.47. The fourth-order valence-corrected chi connectivity index (χ4v) is 1.80. The number of rotatable bonds is 3. The fraction of sp³-hybridized carbons (Fsp3) is 0.231. The number of nitrogens with two attached hydrogens (primary N) is 1. The lowest BCUT2D eigenvalue weighted by atomic mass is 10.2. The summed E-state index contributed by atoms with van der Waals surface area (Å²) in [5, 5.41) is 0. The summed E-state index contributed by atoms with van der Waals surface area (Å²) in [6, 6.07) is 3.81. The molecule has 0 spiro atoms. The van der Waals surface area contributed by atoms with Crippen LogP contribution < -0.4 is 10.6 Å². The van der Waals surface area contributed by atoms with Gasteiger partial charge in [-0.1, -0.05) is 0 Å².